The van der Waals surface area contributed by atoms with Gasteiger partial charge in [0.2, 0.25) is 0 Å². The molecule has 2 heterocycles. The van der Waals surface area contributed by atoms with Gasteiger partial charge in [-0.15, -0.1) is 0 Å². The summed E-state index contributed by atoms with van der Waals surface area (Å²) in [6.45, 7) is 0. The number of nitrogens with zero attached hydrogens (tertiary/aromatic N) is 2. The Morgan fingerprint density at radius 2 is 1.42 bits per heavy atom. The number of carbonyl (C=O) groups is 1. The fraction of sp³-hybridized carbons (Fsp3) is 0.0625. The Morgan fingerprint density at radius 3 is 2.13 bits per heavy atom. The maximum Gasteiger partial charge on any atom is 0.282 e. The van der Waals surface area contributed by atoms with E-state index in [0.717, 1.165) is 39.0 Å². The molecule has 1 aliphatic rings. The minimum absolute atomic E-state index is 0.208. The van der Waals surface area contributed by atoms with Gasteiger partial charge in [0, 0.05) is 22.0 Å². The predicted molar refractivity (Wildman–Crippen MR) is 152 cm³/mol. The molecule has 4 aromatic carbocycles. The van der Waals surface area contributed by atoms with Gasteiger partial charge in [-0.2, -0.15) is 0 Å². The Bertz CT molecular complexity index is 1700. The standard InChI is InChI=1S/C32H25N3O3/c1-37-27-18-17-21(20-28(27)38-2)19-26-32(36)35(31(34-26)23-13-7-4-8-14-23)30-24-15-9-10-16-25(24)33-29(30)22-11-5-3-6-12-22/h3-20,33H,1-2H3/b26-19+. The number of amidine groups is 1. The van der Waals surface area contributed by atoms with Crippen LogP contribution in [0.5, 0.6) is 11.5 Å². The number of ether oxygens (including phenoxy) is 2. The van der Waals surface area contributed by atoms with E-state index in [-0.39, 0.29) is 5.91 Å². The van der Waals surface area contributed by atoms with Crippen LogP contribution < -0.4 is 14.4 Å². The highest BCUT2D eigenvalue weighted by atomic mass is 16.5. The van der Waals surface area contributed by atoms with E-state index in [1.807, 2.05) is 103 Å². The first-order chi connectivity index (χ1) is 18.7. The number of para-hydroxylation sites is 1. The maximum absolute atomic E-state index is 14.2. The van der Waals surface area contributed by atoms with Crippen molar-refractivity contribution >= 4 is 34.4 Å². The van der Waals surface area contributed by atoms with Gasteiger partial charge >= 0.3 is 0 Å². The zero-order chi connectivity index (χ0) is 26.1. The number of hydrogen-bond acceptors (Lipinski definition) is 4. The normalized spacial score (nSPS) is 14.3. The fourth-order valence-corrected chi connectivity index (χ4v) is 4.78. The highest BCUT2D eigenvalue weighted by Gasteiger charge is 2.36. The highest BCUT2D eigenvalue weighted by molar-refractivity contribution is 6.36. The molecule has 0 radical (unpaired) electrons. The number of aliphatic imine (C=N–C) groups is 1. The molecule has 6 nitrogen and oxygen atoms in total. The van der Waals surface area contributed by atoms with Crippen molar-refractivity contribution in [3.63, 3.8) is 0 Å². The molecule has 1 amide bonds. The molecule has 186 valence electrons. The Kier molecular flexibility index (Phi) is 5.98. The van der Waals surface area contributed by atoms with Crippen LogP contribution in [-0.2, 0) is 4.79 Å². The summed E-state index contributed by atoms with van der Waals surface area (Å²) in [7, 11) is 3.18. The second-order valence-corrected chi connectivity index (χ2v) is 8.85. The highest BCUT2D eigenvalue weighted by Crippen LogP contribution is 2.41. The van der Waals surface area contributed by atoms with E-state index in [2.05, 4.69) is 4.98 Å². The molecule has 5 aromatic rings. The summed E-state index contributed by atoms with van der Waals surface area (Å²) in [5.74, 6) is 1.57. The molecule has 6 rings (SSSR count). The van der Waals surface area contributed by atoms with Crippen LogP contribution >= 0.6 is 0 Å². The summed E-state index contributed by atoms with van der Waals surface area (Å²) >= 11 is 0. The average Bonchev–Trinajstić information content (AvgIpc) is 3.51. The zero-order valence-electron chi connectivity index (χ0n) is 21.0. The number of amides is 1. The van der Waals surface area contributed by atoms with Crippen LogP contribution in [0, 0.1) is 0 Å². The van der Waals surface area contributed by atoms with E-state index in [9.17, 15) is 4.79 Å². The van der Waals surface area contributed by atoms with E-state index in [1.165, 1.54) is 0 Å². The van der Waals surface area contributed by atoms with Crippen molar-refractivity contribution in [3.05, 3.63) is 120 Å². The van der Waals surface area contributed by atoms with Crippen LogP contribution in [0.3, 0.4) is 0 Å². The van der Waals surface area contributed by atoms with E-state index in [0.29, 0.717) is 23.0 Å². The topological polar surface area (TPSA) is 66.9 Å². The van der Waals surface area contributed by atoms with E-state index < -0.39 is 0 Å². The lowest BCUT2D eigenvalue weighted by Gasteiger charge is -2.20. The Labute approximate surface area is 220 Å². The molecule has 38 heavy (non-hydrogen) atoms. The van der Waals surface area contributed by atoms with Crippen molar-refractivity contribution in [3.8, 4) is 22.8 Å². The number of carbonyl (C=O) groups excluding carboxylic acids is 1. The van der Waals surface area contributed by atoms with Crippen LogP contribution in [0.1, 0.15) is 11.1 Å². The Hall–Kier alpha value is -5.10. The molecule has 0 aliphatic carbocycles. The first-order valence-electron chi connectivity index (χ1n) is 12.3. The molecule has 0 bridgehead atoms. The van der Waals surface area contributed by atoms with Crippen molar-refractivity contribution in [1.82, 2.24) is 4.98 Å². The molecule has 6 heteroatoms. The van der Waals surface area contributed by atoms with Crippen molar-refractivity contribution in [2.75, 3.05) is 19.1 Å². The lowest BCUT2D eigenvalue weighted by Crippen LogP contribution is -2.33. The van der Waals surface area contributed by atoms with Gasteiger partial charge in [-0.05, 0) is 29.8 Å². The quantitative estimate of drug-likeness (QED) is 0.265. The SMILES string of the molecule is COc1ccc(/C=C2/N=C(c3ccccc3)N(c3c(-c4ccccc4)[nH]c4ccccc34)C2=O)cc1OC. The third-order valence-corrected chi connectivity index (χ3v) is 6.57. The van der Waals surface area contributed by atoms with Gasteiger partial charge in [0.1, 0.15) is 11.5 Å². The summed E-state index contributed by atoms with van der Waals surface area (Å²) in [6, 6.07) is 33.4. The number of aromatic nitrogens is 1. The van der Waals surface area contributed by atoms with Crippen LogP contribution in [0.15, 0.2) is 114 Å². The zero-order valence-corrected chi connectivity index (χ0v) is 21.0. The molecule has 0 fully saturated rings. The number of anilines is 1. The molecule has 1 N–H and O–H groups in total. The summed E-state index contributed by atoms with van der Waals surface area (Å²) in [6.07, 6.45) is 1.78. The number of benzene rings is 4. The Morgan fingerprint density at radius 1 is 0.763 bits per heavy atom. The average molecular weight is 500 g/mol. The second-order valence-electron chi connectivity index (χ2n) is 8.85. The van der Waals surface area contributed by atoms with Crippen molar-refractivity contribution in [2.24, 2.45) is 4.99 Å². The minimum Gasteiger partial charge on any atom is -0.493 e. The lowest BCUT2D eigenvalue weighted by molar-refractivity contribution is -0.113. The van der Waals surface area contributed by atoms with Crippen LogP contribution in [-0.4, -0.2) is 30.9 Å². The molecule has 1 aromatic heterocycles. The van der Waals surface area contributed by atoms with Crippen molar-refractivity contribution in [2.45, 2.75) is 0 Å². The van der Waals surface area contributed by atoms with E-state index in [1.54, 1.807) is 25.2 Å². The van der Waals surface area contributed by atoms with Crippen LogP contribution in [0.2, 0.25) is 0 Å². The number of rotatable bonds is 6. The molecule has 0 saturated heterocycles. The van der Waals surface area contributed by atoms with Crippen molar-refractivity contribution < 1.29 is 14.3 Å². The first kappa shape index (κ1) is 23.3. The summed E-state index contributed by atoms with van der Waals surface area (Å²) in [4.78, 5) is 24.3. The number of aromatic amines is 1. The van der Waals surface area contributed by atoms with Gasteiger partial charge in [0.05, 0.1) is 25.6 Å². The van der Waals surface area contributed by atoms with Gasteiger partial charge < -0.3 is 14.5 Å². The number of hydrogen-bond donors (Lipinski definition) is 1. The molecular formula is C32H25N3O3. The van der Waals surface area contributed by atoms with E-state index in [4.69, 9.17) is 14.5 Å². The van der Waals surface area contributed by atoms with Crippen molar-refractivity contribution in [1.29, 1.82) is 0 Å². The maximum atomic E-state index is 14.2. The summed E-state index contributed by atoms with van der Waals surface area (Å²) in [5, 5.41) is 0.940. The largest absolute Gasteiger partial charge is 0.493 e. The molecule has 0 unspecified atom stereocenters. The number of nitrogens with one attached hydrogen (secondary N) is 1. The minimum atomic E-state index is -0.208. The predicted octanol–water partition coefficient (Wildman–Crippen LogP) is 6.69. The van der Waals surface area contributed by atoms with Crippen LogP contribution in [0.4, 0.5) is 5.69 Å². The number of methoxy groups -OCH3 is 2. The molecular weight excluding hydrogens is 474 g/mol. The van der Waals surface area contributed by atoms with Gasteiger partial charge in [0.25, 0.3) is 5.91 Å². The van der Waals surface area contributed by atoms with E-state index >= 15 is 0 Å². The molecule has 0 atom stereocenters. The Balaban J connectivity index is 1.56. The van der Waals surface area contributed by atoms with Gasteiger partial charge in [-0.1, -0.05) is 84.9 Å². The third kappa shape index (κ3) is 4.02. The summed E-state index contributed by atoms with van der Waals surface area (Å²) in [5.41, 5.74) is 5.52. The molecule has 0 saturated carbocycles. The third-order valence-electron chi connectivity index (χ3n) is 6.57. The number of fused-ring (bicyclic) bond motifs is 1. The smallest absolute Gasteiger partial charge is 0.282 e. The number of H-pyrrole nitrogens is 1. The lowest BCUT2D eigenvalue weighted by atomic mass is 10.1. The second kappa shape index (κ2) is 9.75. The molecule has 0 spiro atoms. The molecule has 1 aliphatic heterocycles. The fourth-order valence-electron chi connectivity index (χ4n) is 4.78. The summed E-state index contributed by atoms with van der Waals surface area (Å²) < 4.78 is 10.8. The van der Waals surface area contributed by atoms with Gasteiger partial charge in [-0.3, -0.25) is 9.69 Å². The van der Waals surface area contributed by atoms with Crippen LogP contribution in [0.25, 0.3) is 28.2 Å². The van der Waals surface area contributed by atoms with Gasteiger partial charge in [0.15, 0.2) is 11.5 Å². The first-order valence-corrected chi connectivity index (χ1v) is 12.3. The van der Waals surface area contributed by atoms with Gasteiger partial charge in [-0.25, -0.2) is 4.99 Å². The monoisotopic (exact) mass is 499 g/mol.